The Morgan fingerprint density at radius 3 is 2.23 bits per heavy atom. The first kappa shape index (κ1) is 24.6. The molecule has 0 bridgehead atoms. The van der Waals surface area contributed by atoms with Gasteiger partial charge in [0.2, 0.25) is 23.6 Å². The number of carbonyl (C=O) groups is 5. The average Bonchev–Trinajstić information content (AvgIpc) is 3.18. The van der Waals surface area contributed by atoms with E-state index in [1.807, 2.05) is 0 Å². The third-order valence-electron chi connectivity index (χ3n) is 4.13. The van der Waals surface area contributed by atoms with Crippen molar-refractivity contribution in [3.8, 4) is 0 Å². The minimum Gasteiger partial charge on any atom is -0.480 e. The van der Waals surface area contributed by atoms with E-state index in [0.29, 0.717) is 5.69 Å². The second-order valence-electron chi connectivity index (χ2n) is 6.75. The number of amides is 4. The molecular formula is C17H27N7O6. The molecule has 13 nitrogen and oxygen atoms in total. The lowest BCUT2D eigenvalue weighted by atomic mass is 10.1. The van der Waals surface area contributed by atoms with Gasteiger partial charge in [-0.05, 0) is 20.3 Å². The highest BCUT2D eigenvalue weighted by atomic mass is 16.4. The lowest BCUT2D eigenvalue weighted by Crippen LogP contribution is -2.56. The molecule has 9 N–H and O–H groups in total. The summed E-state index contributed by atoms with van der Waals surface area (Å²) in [5, 5.41) is 16.0. The van der Waals surface area contributed by atoms with Crippen LogP contribution in [0.15, 0.2) is 12.5 Å². The Bertz CT molecular complexity index is 767. The van der Waals surface area contributed by atoms with Crippen LogP contribution in [0.5, 0.6) is 0 Å². The van der Waals surface area contributed by atoms with Crippen LogP contribution in [0, 0.1) is 0 Å². The number of carboxylic acid groups (broad SMARTS) is 1. The van der Waals surface area contributed by atoms with Gasteiger partial charge in [-0.15, -0.1) is 0 Å². The molecule has 4 unspecified atom stereocenters. The van der Waals surface area contributed by atoms with E-state index in [1.54, 1.807) is 0 Å². The van der Waals surface area contributed by atoms with E-state index in [9.17, 15) is 24.0 Å². The number of carbonyl (C=O) groups excluding carboxylic acids is 4. The van der Waals surface area contributed by atoms with Gasteiger partial charge in [0.1, 0.15) is 18.1 Å². The number of hydrogen-bond donors (Lipinski definition) is 7. The van der Waals surface area contributed by atoms with Crippen molar-refractivity contribution >= 4 is 29.6 Å². The topological polar surface area (TPSA) is 222 Å². The standard InChI is InChI=1S/C17H27N7O6/c1-8(14(26)23-9(2)17(29)30)22-16(28)12(5-10-6-20-7-21-10)24-15(27)11(18)3-4-13(19)25/h6-9,11-12H,3-5,18H2,1-2H3,(H2,19,25)(H,20,21)(H,22,28)(H,23,26)(H,24,27)(H,29,30). The van der Waals surface area contributed by atoms with Gasteiger partial charge in [-0.25, -0.2) is 4.98 Å². The molecule has 0 fully saturated rings. The predicted molar refractivity (Wildman–Crippen MR) is 103 cm³/mol. The molecule has 166 valence electrons. The number of aromatic nitrogens is 2. The Hall–Kier alpha value is -3.48. The zero-order valence-corrected chi connectivity index (χ0v) is 16.7. The zero-order valence-electron chi connectivity index (χ0n) is 16.7. The van der Waals surface area contributed by atoms with Gasteiger partial charge in [0, 0.05) is 24.7 Å². The van der Waals surface area contributed by atoms with E-state index in [1.165, 1.54) is 26.4 Å². The van der Waals surface area contributed by atoms with Crippen LogP contribution in [0.4, 0.5) is 0 Å². The highest BCUT2D eigenvalue weighted by molar-refractivity contribution is 5.94. The molecule has 1 heterocycles. The fourth-order valence-electron chi connectivity index (χ4n) is 2.31. The fourth-order valence-corrected chi connectivity index (χ4v) is 2.31. The van der Waals surface area contributed by atoms with Crippen LogP contribution in [-0.4, -0.2) is 68.8 Å². The summed E-state index contributed by atoms with van der Waals surface area (Å²) in [6.45, 7) is 2.65. The number of nitrogens with zero attached hydrogens (tertiary/aromatic N) is 1. The molecule has 0 saturated carbocycles. The Labute approximate surface area is 172 Å². The molecule has 0 aliphatic heterocycles. The third kappa shape index (κ3) is 8.26. The van der Waals surface area contributed by atoms with Crippen molar-refractivity contribution in [1.82, 2.24) is 25.9 Å². The Morgan fingerprint density at radius 1 is 1.07 bits per heavy atom. The normalized spacial score (nSPS) is 14.6. The lowest BCUT2D eigenvalue weighted by Gasteiger charge is -2.22. The first-order chi connectivity index (χ1) is 14.0. The monoisotopic (exact) mass is 425 g/mol. The maximum atomic E-state index is 12.7. The molecular weight excluding hydrogens is 398 g/mol. The van der Waals surface area contributed by atoms with Crippen molar-refractivity contribution in [2.45, 2.75) is 57.3 Å². The second kappa shape index (κ2) is 11.5. The van der Waals surface area contributed by atoms with E-state index >= 15 is 0 Å². The van der Waals surface area contributed by atoms with Crippen molar-refractivity contribution < 1.29 is 29.1 Å². The van der Waals surface area contributed by atoms with Gasteiger partial charge >= 0.3 is 5.97 Å². The molecule has 0 aromatic carbocycles. The van der Waals surface area contributed by atoms with Crippen LogP contribution in [0.2, 0.25) is 0 Å². The molecule has 0 radical (unpaired) electrons. The minimum absolute atomic E-state index is 0.00541. The van der Waals surface area contributed by atoms with E-state index < -0.39 is 53.8 Å². The molecule has 1 aromatic heterocycles. The van der Waals surface area contributed by atoms with Crippen molar-refractivity contribution in [3.05, 3.63) is 18.2 Å². The second-order valence-corrected chi connectivity index (χ2v) is 6.75. The Morgan fingerprint density at radius 2 is 1.70 bits per heavy atom. The highest BCUT2D eigenvalue weighted by Gasteiger charge is 2.28. The van der Waals surface area contributed by atoms with Gasteiger partial charge in [0.05, 0.1) is 12.4 Å². The molecule has 4 atom stereocenters. The Kier molecular flexibility index (Phi) is 9.42. The van der Waals surface area contributed by atoms with Crippen molar-refractivity contribution in [2.75, 3.05) is 0 Å². The molecule has 1 rings (SSSR count). The highest BCUT2D eigenvalue weighted by Crippen LogP contribution is 2.02. The van der Waals surface area contributed by atoms with Crippen LogP contribution >= 0.6 is 0 Å². The number of primary amides is 1. The molecule has 4 amide bonds. The fraction of sp³-hybridized carbons (Fsp3) is 0.529. The summed E-state index contributed by atoms with van der Waals surface area (Å²) < 4.78 is 0. The van der Waals surface area contributed by atoms with Crippen LogP contribution in [0.3, 0.4) is 0 Å². The molecule has 0 aliphatic rings. The zero-order chi connectivity index (χ0) is 22.8. The van der Waals surface area contributed by atoms with Gasteiger partial charge < -0.3 is 37.5 Å². The third-order valence-corrected chi connectivity index (χ3v) is 4.13. The van der Waals surface area contributed by atoms with Crippen LogP contribution in [0.25, 0.3) is 0 Å². The summed E-state index contributed by atoms with van der Waals surface area (Å²) in [6, 6.07) is -4.37. The van der Waals surface area contributed by atoms with Gasteiger partial charge in [-0.3, -0.25) is 24.0 Å². The molecule has 0 aliphatic carbocycles. The summed E-state index contributed by atoms with van der Waals surface area (Å²) in [4.78, 5) is 65.4. The van der Waals surface area contributed by atoms with Gasteiger partial charge in [0.15, 0.2) is 0 Å². The average molecular weight is 425 g/mol. The summed E-state index contributed by atoms with van der Waals surface area (Å²) in [6.07, 6.45) is 2.80. The molecule has 30 heavy (non-hydrogen) atoms. The van der Waals surface area contributed by atoms with Gasteiger partial charge in [0.25, 0.3) is 0 Å². The van der Waals surface area contributed by atoms with Gasteiger partial charge in [-0.1, -0.05) is 0 Å². The lowest BCUT2D eigenvalue weighted by molar-refractivity contribution is -0.141. The summed E-state index contributed by atoms with van der Waals surface area (Å²) in [5.41, 5.74) is 11.3. The van der Waals surface area contributed by atoms with Crippen molar-refractivity contribution in [1.29, 1.82) is 0 Å². The molecule has 0 saturated heterocycles. The predicted octanol–water partition coefficient (Wildman–Crippen LogP) is -2.88. The van der Waals surface area contributed by atoms with E-state index in [-0.39, 0.29) is 19.3 Å². The van der Waals surface area contributed by atoms with Crippen LogP contribution in [0.1, 0.15) is 32.4 Å². The quantitative estimate of drug-likeness (QED) is 0.184. The van der Waals surface area contributed by atoms with Crippen LogP contribution < -0.4 is 27.4 Å². The number of aliphatic carboxylic acids is 1. The number of H-pyrrole nitrogens is 1. The van der Waals surface area contributed by atoms with E-state index in [4.69, 9.17) is 16.6 Å². The first-order valence-electron chi connectivity index (χ1n) is 9.16. The van der Waals surface area contributed by atoms with E-state index in [0.717, 1.165) is 0 Å². The molecule has 13 heteroatoms. The maximum Gasteiger partial charge on any atom is 0.325 e. The maximum absolute atomic E-state index is 12.7. The summed E-state index contributed by atoms with van der Waals surface area (Å²) in [5.74, 6) is -3.90. The smallest absolute Gasteiger partial charge is 0.325 e. The number of nitrogens with two attached hydrogens (primary N) is 2. The molecule has 1 aromatic rings. The van der Waals surface area contributed by atoms with Crippen molar-refractivity contribution in [3.63, 3.8) is 0 Å². The SMILES string of the molecule is CC(NC(=O)C(C)NC(=O)C(Cc1cnc[nH]1)NC(=O)C(N)CCC(N)=O)C(=O)O. The minimum atomic E-state index is -1.23. The van der Waals surface area contributed by atoms with Gasteiger partial charge in [-0.2, -0.15) is 0 Å². The number of aromatic amines is 1. The molecule has 0 spiro atoms. The number of rotatable bonds is 12. The Balaban J connectivity index is 2.79. The van der Waals surface area contributed by atoms with E-state index in [2.05, 4.69) is 25.9 Å². The first-order valence-corrected chi connectivity index (χ1v) is 9.16. The largest absolute Gasteiger partial charge is 0.480 e. The number of imidazole rings is 1. The summed E-state index contributed by atoms with van der Waals surface area (Å²) >= 11 is 0. The summed E-state index contributed by atoms with van der Waals surface area (Å²) in [7, 11) is 0. The number of carboxylic acids is 1. The number of nitrogens with one attached hydrogen (secondary N) is 4. The van der Waals surface area contributed by atoms with Crippen molar-refractivity contribution in [2.24, 2.45) is 11.5 Å². The number of hydrogen-bond acceptors (Lipinski definition) is 7. The van der Waals surface area contributed by atoms with Crippen LogP contribution in [-0.2, 0) is 30.4 Å².